The van der Waals surface area contributed by atoms with Crippen LogP contribution in [0.4, 0.5) is 5.69 Å². The minimum absolute atomic E-state index is 0.109. The second kappa shape index (κ2) is 7.66. The zero-order chi connectivity index (χ0) is 15.2. The van der Waals surface area contributed by atoms with Crippen LogP contribution < -0.4 is 5.32 Å². The number of nitrogens with one attached hydrogen (secondary N) is 1. The van der Waals surface area contributed by atoms with Crippen LogP contribution in [0, 0.1) is 0 Å². The molecule has 0 aliphatic carbocycles. The molecule has 114 valence electrons. The summed E-state index contributed by atoms with van der Waals surface area (Å²) in [4.78, 5) is 18.3. The van der Waals surface area contributed by atoms with Gasteiger partial charge >= 0.3 is 0 Å². The summed E-state index contributed by atoms with van der Waals surface area (Å²) in [5.41, 5.74) is 0.702. The summed E-state index contributed by atoms with van der Waals surface area (Å²) in [6, 6.07) is 5.19. The van der Waals surface area contributed by atoms with E-state index in [1.807, 2.05) is 0 Å². The molecule has 1 aromatic rings. The van der Waals surface area contributed by atoms with E-state index in [-0.39, 0.29) is 5.91 Å². The number of carbonyl (C=O) groups excluding carboxylic acids is 1. The van der Waals surface area contributed by atoms with Gasteiger partial charge in [0.1, 0.15) is 0 Å². The number of unbranched alkanes of at least 4 members (excludes halogenated alkanes) is 2. The van der Waals surface area contributed by atoms with Crippen molar-refractivity contribution in [3.8, 4) is 0 Å². The SMILES string of the molecule is CCCCCC(=O)N1CCN=C1Nc1ccc(Cl)cc1Cl. The van der Waals surface area contributed by atoms with E-state index in [1.54, 1.807) is 23.1 Å². The maximum Gasteiger partial charge on any atom is 0.229 e. The van der Waals surface area contributed by atoms with E-state index in [9.17, 15) is 4.79 Å². The molecule has 0 saturated heterocycles. The lowest BCUT2D eigenvalue weighted by Gasteiger charge is -2.19. The number of guanidine groups is 1. The van der Waals surface area contributed by atoms with Crippen LogP contribution in [0.15, 0.2) is 23.2 Å². The van der Waals surface area contributed by atoms with Gasteiger partial charge in [0, 0.05) is 18.0 Å². The Labute approximate surface area is 135 Å². The molecule has 1 aliphatic rings. The average Bonchev–Trinajstić information content (AvgIpc) is 2.90. The number of hydrogen-bond acceptors (Lipinski definition) is 3. The van der Waals surface area contributed by atoms with Crippen LogP contribution in [-0.2, 0) is 4.79 Å². The van der Waals surface area contributed by atoms with Gasteiger partial charge in [-0.3, -0.25) is 14.7 Å². The number of benzene rings is 1. The normalized spacial score (nSPS) is 14.2. The summed E-state index contributed by atoms with van der Waals surface area (Å²) in [5.74, 6) is 0.679. The molecule has 6 heteroatoms. The number of anilines is 1. The van der Waals surface area contributed by atoms with Gasteiger partial charge in [-0.1, -0.05) is 43.0 Å². The van der Waals surface area contributed by atoms with Gasteiger partial charge in [0.2, 0.25) is 11.9 Å². The Morgan fingerprint density at radius 2 is 2.19 bits per heavy atom. The largest absolute Gasteiger partial charge is 0.325 e. The summed E-state index contributed by atoms with van der Waals surface area (Å²) in [6.45, 7) is 3.36. The molecular formula is C15H19Cl2N3O. The van der Waals surface area contributed by atoms with E-state index in [2.05, 4.69) is 17.2 Å². The first-order valence-corrected chi connectivity index (χ1v) is 7.94. The van der Waals surface area contributed by atoms with E-state index in [1.165, 1.54) is 0 Å². The third-order valence-electron chi connectivity index (χ3n) is 3.31. The van der Waals surface area contributed by atoms with E-state index < -0.39 is 0 Å². The predicted molar refractivity (Wildman–Crippen MR) is 88.2 cm³/mol. The third kappa shape index (κ3) is 4.35. The van der Waals surface area contributed by atoms with Crippen LogP contribution in [0.5, 0.6) is 0 Å². The molecule has 0 unspecified atom stereocenters. The van der Waals surface area contributed by atoms with Crippen LogP contribution >= 0.6 is 23.2 Å². The quantitative estimate of drug-likeness (QED) is 0.824. The van der Waals surface area contributed by atoms with Crippen molar-refractivity contribution in [1.29, 1.82) is 0 Å². The van der Waals surface area contributed by atoms with Crippen LogP contribution in [0.3, 0.4) is 0 Å². The maximum absolute atomic E-state index is 12.2. The molecule has 1 N–H and O–H groups in total. The molecule has 0 saturated carbocycles. The predicted octanol–water partition coefficient (Wildman–Crippen LogP) is 4.18. The topological polar surface area (TPSA) is 44.7 Å². The van der Waals surface area contributed by atoms with Gasteiger partial charge in [0.05, 0.1) is 17.3 Å². The summed E-state index contributed by atoms with van der Waals surface area (Å²) in [5, 5.41) is 4.21. The smallest absolute Gasteiger partial charge is 0.229 e. The Hall–Kier alpha value is -1.26. The van der Waals surface area contributed by atoms with Gasteiger partial charge in [-0.15, -0.1) is 0 Å². The van der Waals surface area contributed by atoms with Crippen molar-refractivity contribution in [2.24, 2.45) is 4.99 Å². The number of rotatable bonds is 5. The van der Waals surface area contributed by atoms with Crippen LogP contribution in [0.25, 0.3) is 0 Å². The van der Waals surface area contributed by atoms with E-state index >= 15 is 0 Å². The summed E-state index contributed by atoms with van der Waals surface area (Å²) < 4.78 is 0. The second-order valence-electron chi connectivity index (χ2n) is 4.96. The molecular weight excluding hydrogens is 309 g/mol. The molecule has 1 aromatic carbocycles. The molecule has 0 aromatic heterocycles. The van der Waals surface area contributed by atoms with Crippen LogP contribution in [0.2, 0.25) is 10.0 Å². The molecule has 21 heavy (non-hydrogen) atoms. The van der Waals surface area contributed by atoms with Gasteiger partial charge in [-0.05, 0) is 24.6 Å². The van der Waals surface area contributed by atoms with Gasteiger partial charge in [0.25, 0.3) is 0 Å². The third-order valence-corrected chi connectivity index (χ3v) is 3.86. The molecule has 0 radical (unpaired) electrons. The second-order valence-corrected chi connectivity index (χ2v) is 5.80. The molecule has 1 amide bonds. The fourth-order valence-corrected chi connectivity index (χ4v) is 2.63. The fourth-order valence-electron chi connectivity index (χ4n) is 2.17. The Morgan fingerprint density at radius 3 is 2.90 bits per heavy atom. The Morgan fingerprint density at radius 1 is 1.38 bits per heavy atom. The van der Waals surface area contributed by atoms with Crippen molar-refractivity contribution in [3.05, 3.63) is 28.2 Å². The van der Waals surface area contributed by atoms with E-state index in [0.29, 0.717) is 41.2 Å². The average molecular weight is 328 g/mol. The summed E-state index contributed by atoms with van der Waals surface area (Å²) >= 11 is 12.0. The minimum atomic E-state index is 0.109. The zero-order valence-electron chi connectivity index (χ0n) is 12.0. The van der Waals surface area contributed by atoms with E-state index in [0.717, 1.165) is 19.3 Å². The molecule has 0 fully saturated rings. The molecule has 1 aliphatic heterocycles. The number of nitrogens with zero attached hydrogens (tertiary/aromatic N) is 2. The van der Waals surface area contributed by atoms with Crippen molar-refractivity contribution in [3.63, 3.8) is 0 Å². The number of hydrogen-bond donors (Lipinski definition) is 1. The molecule has 0 spiro atoms. The Kier molecular flexibility index (Phi) is 5.88. The van der Waals surface area contributed by atoms with E-state index in [4.69, 9.17) is 23.2 Å². The van der Waals surface area contributed by atoms with Gasteiger partial charge < -0.3 is 5.32 Å². The Balaban J connectivity index is 2.00. The van der Waals surface area contributed by atoms with Gasteiger partial charge in [-0.2, -0.15) is 0 Å². The minimum Gasteiger partial charge on any atom is -0.325 e. The van der Waals surface area contributed by atoms with Gasteiger partial charge in [0.15, 0.2) is 0 Å². The standard InChI is InChI=1S/C15H19Cl2N3O/c1-2-3-4-5-14(21)20-9-8-18-15(20)19-13-7-6-11(16)10-12(13)17/h6-7,10H,2-5,8-9H2,1H3,(H,18,19). The molecule has 1 heterocycles. The highest BCUT2D eigenvalue weighted by Crippen LogP contribution is 2.26. The van der Waals surface area contributed by atoms with Crippen LogP contribution in [0.1, 0.15) is 32.6 Å². The van der Waals surface area contributed by atoms with Crippen molar-refractivity contribution in [2.45, 2.75) is 32.6 Å². The number of aliphatic imine (C=N–C) groups is 1. The molecule has 0 atom stereocenters. The lowest BCUT2D eigenvalue weighted by molar-refractivity contribution is -0.127. The summed E-state index contributed by atoms with van der Waals surface area (Å²) in [6.07, 6.45) is 3.65. The molecule has 4 nitrogen and oxygen atoms in total. The molecule has 0 bridgehead atoms. The monoisotopic (exact) mass is 327 g/mol. The van der Waals surface area contributed by atoms with Crippen molar-refractivity contribution in [2.75, 3.05) is 18.4 Å². The maximum atomic E-state index is 12.2. The molecule has 2 rings (SSSR count). The first kappa shape index (κ1) is 16.1. The highest BCUT2D eigenvalue weighted by molar-refractivity contribution is 6.36. The van der Waals surface area contributed by atoms with Gasteiger partial charge in [-0.25, -0.2) is 0 Å². The fraction of sp³-hybridized carbons (Fsp3) is 0.467. The zero-order valence-corrected chi connectivity index (χ0v) is 13.5. The van der Waals surface area contributed by atoms with Crippen molar-refractivity contribution >= 4 is 40.8 Å². The number of amides is 1. The Bertz CT molecular complexity index is 546. The number of halogens is 2. The lowest BCUT2D eigenvalue weighted by Crippen LogP contribution is -2.38. The highest BCUT2D eigenvalue weighted by atomic mass is 35.5. The number of carbonyl (C=O) groups is 1. The summed E-state index contributed by atoms with van der Waals surface area (Å²) in [7, 11) is 0. The van der Waals surface area contributed by atoms with Crippen LogP contribution in [-0.4, -0.2) is 29.9 Å². The first-order chi connectivity index (χ1) is 10.1. The lowest BCUT2D eigenvalue weighted by atomic mass is 10.2. The first-order valence-electron chi connectivity index (χ1n) is 7.18. The van der Waals surface area contributed by atoms with Crippen molar-refractivity contribution < 1.29 is 4.79 Å². The van der Waals surface area contributed by atoms with Crippen molar-refractivity contribution in [1.82, 2.24) is 4.90 Å². The highest BCUT2D eigenvalue weighted by Gasteiger charge is 2.23.